The van der Waals surface area contributed by atoms with Gasteiger partial charge in [0.05, 0.1) is 18.1 Å². The molecule has 2 aliphatic heterocycles. The number of rotatable bonds is 3. The number of nitrogens with zero attached hydrogens (tertiary/aromatic N) is 2. The van der Waals surface area contributed by atoms with Crippen LogP contribution >= 0.6 is 0 Å². The van der Waals surface area contributed by atoms with Gasteiger partial charge in [-0.1, -0.05) is 0 Å². The molecule has 0 bridgehead atoms. The molecule has 8 nitrogen and oxygen atoms in total. The molecule has 0 saturated carbocycles. The Morgan fingerprint density at radius 2 is 1.95 bits per heavy atom. The second kappa shape index (κ2) is 6.21. The minimum Gasteiger partial charge on any atom is -0.426 e. The van der Waals surface area contributed by atoms with Crippen LogP contribution in [0, 0.1) is 5.92 Å². The van der Waals surface area contributed by atoms with Crippen LogP contribution in [0.5, 0.6) is 0 Å². The zero-order valence-corrected chi connectivity index (χ0v) is 12.9. The largest absolute Gasteiger partial charge is 0.475 e. The van der Waals surface area contributed by atoms with Gasteiger partial charge in [0, 0.05) is 25.7 Å². The fourth-order valence-corrected chi connectivity index (χ4v) is 3.96. The van der Waals surface area contributed by atoms with Crippen LogP contribution < -0.4 is 5.73 Å². The molecule has 0 radical (unpaired) electrons. The molecule has 2 rings (SSSR count). The van der Waals surface area contributed by atoms with E-state index in [1.807, 2.05) is 0 Å². The average molecular weight is 319 g/mol. The van der Waals surface area contributed by atoms with Gasteiger partial charge in [0.15, 0.2) is 0 Å². The van der Waals surface area contributed by atoms with Crippen LogP contribution in [0.4, 0.5) is 0 Å². The number of nitrogens with two attached hydrogens (primary N) is 1. The maximum atomic E-state index is 12.6. The van der Waals surface area contributed by atoms with Crippen molar-refractivity contribution in [3.63, 3.8) is 0 Å². The van der Waals surface area contributed by atoms with Gasteiger partial charge in [0.25, 0.3) is 0 Å². The third-order valence-electron chi connectivity index (χ3n) is 4.34. The minimum absolute atomic E-state index is 0.0591. The SMILES string of the molecule is CS(=O)(=O)N1CC[C@@H](N)[C@H](C(=O)N2CCC[C@H]2B(O)O)C1. The van der Waals surface area contributed by atoms with Crippen molar-refractivity contribution >= 4 is 23.0 Å². The molecule has 10 heteroatoms. The molecule has 0 aliphatic carbocycles. The van der Waals surface area contributed by atoms with E-state index in [1.54, 1.807) is 0 Å². The van der Waals surface area contributed by atoms with E-state index in [-0.39, 0.29) is 12.5 Å². The molecule has 1 amide bonds. The number of likely N-dealkylation sites (tertiary alicyclic amines) is 1. The van der Waals surface area contributed by atoms with E-state index < -0.39 is 35.0 Å². The summed E-state index contributed by atoms with van der Waals surface area (Å²) >= 11 is 0. The molecule has 2 fully saturated rings. The number of piperidine rings is 1. The van der Waals surface area contributed by atoms with Crippen LogP contribution in [-0.2, 0) is 14.8 Å². The Bertz CT molecular complexity index is 500. The fourth-order valence-electron chi connectivity index (χ4n) is 3.09. The molecule has 2 saturated heterocycles. The van der Waals surface area contributed by atoms with E-state index in [1.165, 1.54) is 9.21 Å². The van der Waals surface area contributed by atoms with Gasteiger partial charge in [-0.2, -0.15) is 0 Å². The van der Waals surface area contributed by atoms with Crippen LogP contribution in [-0.4, -0.2) is 78.6 Å². The second-order valence-electron chi connectivity index (χ2n) is 5.83. The Balaban J connectivity index is 2.13. The summed E-state index contributed by atoms with van der Waals surface area (Å²) < 4.78 is 24.5. The number of hydrogen-bond acceptors (Lipinski definition) is 6. The molecule has 120 valence electrons. The summed E-state index contributed by atoms with van der Waals surface area (Å²) in [5.41, 5.74) is 5.98. The van der Waals surface area contributed by atoms with E-state index in [0.29, 0.717) is 32.4 Å². The first-order valence-corrected chi connectivity index (χ1v) is 8.94. The molecule has 0 aromatic carbocycles. The number of sulfonamides is 1. The van der Waals surface area contributed by atoms with Crippen molar-refractivity contribution in [2.24, 2.45) is 11.7 Å². The van der Waals surface area contributed by atoms with Crippen LogP contribution in [0.2, 0.25) is 0 Å². The molecule has 0 unspecified atom stereocenters. The first-order valence-electron chi connectivity index (χ1n) is 7.09. The van der Waals surface area contributed by atoms with Crippen molar-refractivity contribution in [3.8, 4) is 0 Å². The first kappa shape index (κ1) is 16.7. The van der Waals surface area contributed by atoms with Gasteiger partial charge in [0.2, 0.25) is 15.9 Å². The lowest BCUT2D eigenvalue weighted by Gasteiger charge is -2.37. The standard InChI is InChI=1S/C11H22BN3O5S/c1-21(19,20)14-6-4-9(13)8(7-14)11(16)15-5-2-3-10(15)12(17)18/h8-10,17-18H,2-7,13H2,1H3/t8-,9-,10+/m1/s1. The number of carbonyl (C=O) groups is 1. The minimum atomic E-state index is -3.36. The van der Waals surface area contributed by atoms with Gasteiger partial charge >= 0.3 is 7.12 Å². The van der Waals surface area contributed by atoms with Crippen LogP contribution in [0.15, 0.2) is 0 Å². The van der Waals surface area contributed by atoms with Crippen molar-refractivity contribution in [2.45, 2.75) is 31.2 Å². The average Bonchev–Trinajstić information content (AvgIpc) is 2.86. The summed E-state index contributed by atoms with van der Waals surface area (Å²) in [6.45, 7) is 0.822. The van der Waals surface area contributed by atoms with Gasteiger partial charge in [0.1, 0.15) is 0 Å². The highest BCUT2D eigenvalue weighted by Gasteiger charge is 2.43. The molecular formula is C11H22BN3O5S. The Hall–Kier alpha value is -0.675. The molecule has 2 aliphatic rings. The maximum Gasteiger partial charge on any atom is 0.475 e. The zero-order valence-electron chi connectivity index (χ0n) is 12.1. The van der Waals surface area contributed by atoms with E-state index in [2.05, 4.69) is 0 Å². The van der Waals surface area contributed by atoms with Crippen LogP contribution in [0.25, 0.3) is 0 Å². The van der Waals surface area contributed by atoms with Gasteiger partial charge in [-0.3, -0.25) is 4.79 Å². The Morgan fingerprint density at radius 3 is 2.52 bits per heavy atom. The topological polar surface area (TPSA) is 124 Å². The van der Waals surface area contributed by atoms with Crippen molar-refractivity contribution in [3.05, 3.63) is 0 Å². The van der Waals surface area contributed by atoms with Gasteiger partial charge in [-0.05, 0) is 19.3 Å². The maximum absolute atomic E-state index is 12.6. The van der Waals surface area contributed by atoms with Gasteiger partial charge in [-0.15, -0.1) is 0 Å². The highest BCUT2D eigenvalue weighted by molar-refractivity contribution is 7.88. The summed E-state index contributed by atoms with van der Waals surface area (Å²) in [7, 11) is -4.94. The lowest BCUT2D eigenvalue weighted by atomic mass is 9.77. The van der Waals surface area contributed by atoms with Crippen molar-refractivity contribution < 1.29 is 23.3 Å². The zero-order chi connectivity index (χ0) is 15.8. The molecule has 21 heavy (non-hydrogen) atoms. The van der Waals surface area contributed by atoms with Gasteiger partial charge in [-0.25, -0.2) is 12.7 Å². The predicted octanol–water partition coefficient (Wildman–Crippen LogP) is -2.40. The lowest BCUT2D eigenvalue weighted by Crippen LogP contribution is -2.57. The van der Waals surface area contributed by atoms with Crippen molar-refractivity contribution in [1.29, 1.82) is 0 Å². The summed E-state index contributed by atoms with van der Waals surface area (Å²) in [4.78, 5) is 14.0. The second-order valence-corrected chi connectivity index (χ2v) is 7.82. The van der Waals surface area contributed by atoms with E-state index in [9.17, 15) is 23.3 Å². The third kappa shape index (κ3) is 3.57. The molecule has 3 atom stereocenters. The molecular weight excluding hydrogens is 297 g/mol. The van der Waals surface area contributed by atoms with E-state index in [4.69, 9.17) is 5.73 Å². The molecule has 0 aromatic heterocycles. The van der Waals surface area contributed by atoms with E-state index in [0.717, 1.165) is 6.26 Å². The number of amides is 1. The normalized spacial score (nSPS) is 31.4. The van der Waals surface area contributed by atoms with Crippen LogP contribution in [0.3, 0.4) is 0 Å². The predicted molar refractivity (Wildman–Crippen MR) is 77.4 cm³/mol. The Kier molecular flexibility index (Phi) is 4.94. The highest BCUT2D eigenvalue weighted by Crippen LogP contribution is 2.25. The molecule has 4 N–H and O–H groups in total. The van der Waals surface area contributed by atoms with Crippen molar-refractivity contribution in [1.82, 2.24) is 9.21 Å². The summed E-state index contributed by atoms with van der Waals surface area (Å²) in [5.74, 6) is -1.54. The molecule has 0 aromatic rings. The third-order valence-corrected chi connectivity index (χ3v) is 5.61. The highest BCUT2D eigenvalue weighted by atomic mass is 32.2. The van der Waals surface area contributed by atoms with Gasteiger partial charge < -0.3 is 20.7 Å². The summed E-state index contributed by atoms with van der Waals surface area (Å²) in [5, 5.41) is 18.7. The molecule has 0 spiro atoms. The Labute approximate surface area is 125 Å². The summed E-state index contributed by atoms with van der Waals surface area (Å²) in [6, 6.07) is -0.410. The molecule has 2 heterocycles. The smallest absolute Gasteiger partial charge is 0.426 e. The number of carbonyl (C=O) groups excluding carboxylic acids is 1. The Morgan fingerprint density at radius 1 is 1.29 bits per heavy atom. The van der Waals surface area contributed by atoms with E-state index >= 15 is 0 Å². The summed E-state index contributed by atoms with van der Waals surface area (Å²) in [6.07, 6.45) is 2.76. The quantitative estimate of drug-likeness (QED) is 0.498. The first-order chi connectivity index (χ1) is 9.71. The number of hydrogen-bond donors (Lipinski definition) is 3. The van der Waals surface area contributed by atoms with Crippen LogP contribution in [0.1, 0.15) is 19.3 Å². The van der Waals surface area contributed by atoms with Crippen molar-refractivity contribution in [2.75, 3.05) is 25.9 Å². The monoisotopic (exact) mass is 319 g/mol. The lowest BCUT2D eigenvalue weighted by molar-refractivity contribution is -0.137. The fraction of sp³-hybridized carbons (Fsp3) is 0.909.